The van der Waals surface area contributed by atoms with Crippen molar-refractivity contribution in [3.05, 3.63) is 71.8 Å². The Balaban J connectivity index is 0.950. The molecule has 0 unspecified atom stereocenters. The highest BCUT2D eigenvalue weighted by molar-refractivity contribution is 5.87. The number of rotatable bonds is 14. The number of ether oxygens (including phenoxy) is 9. The molecule has 2 aromatic rings. The maximum Gasteiger partial charge on any atom is 0.331 e. The van der Waals surface area contributed by atoms with Crippen LogP contribution in [0.15, 0.2) is 60.7 Å². The monoisotopic (exact) mass is 867 g/mol. The molecule has 4 saturated heterocycles. The fraction of sp³-hybridized carbons (Fsp3) is 0.590. The first kappa shape index (κ1) is 46.7. The molecule has 22 nitrogen and oxygen atoms in total. The van der Waals surface area contributed by atoms with Crippen LogP contribution in [0.3, 0.4) is 0 Å². The highest BCUT2D eigenvalue weighted by Gasteiger charge is 2.48. The standard InChI is InChI=1S/C39H49NO21/c40-12-21(18-4-2-1-3-5-18)59-39-35(52)31(48)28(45)24(61-39)16-56-37-33(50)29(46)22(14-54-37)58-25(42)11-8-17-6-9-19(10-7-17)57-38-34(51)30(47)27(44)23(60-38)15-55-36-32(49)26(43)20(41)13-53-36/h1-11,20-24,26-39,41,43-52H,13-16H2/t20-,21+,22-,23+,24+,26+,27+,28+,29+,30+,31-,32-,33-,34-,35+,36+,37+,38-,39+/m0/s1. The topological polar surface area (TPSA) is 346 Å². The summed E-state index contributed by atoms with van der Waals surface area (Å²) in [4.78, 5) is 12.6. The summed E-state index contributed by atoms with van der Waals surface area (Å²) in [6, 6.07) is 16.2. The average Bonchev–Trinajstić information content (AvgIpc) is 3.26. The minimum Gasteiger partial charge on any atom is -0.462 e. The lowest BCUT2D eigenvalue weighted by molar-refractivity contribution is -0.325. The average molecular weight is 868 g/mol. The first-order valence-electron chi connectivity index (χ1n) is 19.2. The second kappa shape index (κ2) is 21.1. The Kier molecular flexibility index (Phi) is 16.1. The molecule has 0 spiro atoms. The van der Waals surface area contributed by atoms with Crippen LogP contribution in [-0.2, 0) is 42.7 Å². The van der Waals surface area contributed by atoms with Gasteiger partial charge in [-0.2, -0.15) is 5.26 Å². The van der Waals surface area contributed by atoms with Gasteiger partial charge in [-0.05, 0) is 29.3 Å². The molecule has 6 rings (SSSR count). The molecule has 61 heavy (non-hydrogen) atoms. The van der Waals surface area contributed by atoms with Crippen molar-refractivity contribution >= 4 is 12.0 Å². The first-order valence-corrected chi connectivity index (χ1v) is 19.2. The number of esters is 1. The predicted octanol–water partition coefficient (Wildman–Crippen LogP) is -4.56. The third kappa shape index (κ3) is 11.2. The highest BCUT2D eigenvalue weighted by atomic mass is 16.7. The summed E-state index contributed by atoms with van der Waals surface area (Å²) in [6.07, 6.45) is -26.9. The van der Waals surface area contributed by atoms with Crippen molar-refractivity contribution in [1.29, 1.82) is 5.26 Å². The first-order chi connectivity index (χ1) is 29.2. The van der Waals surface area contributed by atoms with E-state index in [0.29, 0.717) is 11.1 Å². The molecule has 11 N–H and O–H groups in total. The normalized spacial score (nSPS) is 39.9. The van der Waals surface area contributed by atoms with Gasteiger partial charge in [0, 0.05) is 6.08 Å². The number of nitriles is 1. The number of benzene rings is 2. The van der Waals surface area contributed by atoms with Gasteiger partial charge in [-0.3, -0.25) is 0 Å². The molecule has 4 aliphatic heterocycles. The van der Waals surface area contributed by atoms with Crippen LogP contribution in [0.2, 0.25) is 0 Å². The van der Waals surface area contributed by atoms with Crippen LogP contribution in [0, 0.1) is 11.3 Å². The maximum atomic E-state index is 12.6. The van der Waals surface area contributed by atoms with Crippen LogP contribution in [0.4, 0.5) is 0 Å². The summed E-state index contributed by atoms with van der Waals surface area (Å²) in [6.45, 7) is -1.75. The van der Waals surface area contributed by atoms with Gasteiger partial charge in [0.05, 0.1) is 32.5 Å². The fourth-order valence-corrected chi connectivity index (χ4v) is 6.73. The van der Waals surface area contributed by atoms with Gasteiger partial charge in [0.25, 0.3) is 0 Å². The van der Waals surface area contributed by atoms with E-state index in [2.05, 4.69) is 0 Å². The van der Waals surface area contributed by atoms with Crippen LogP contribution in [-0.4, -0.2) is 199 Å². The van der Waals surface area contributed by atoms with Crippen molar-refractivity contribution in [1.82, 2.24) is 0 Å². The molecule has 2 aromatic carbocycles. The van der Waals surface area contributed by atoms with Crippen molar-refractivity contribution in [3.63, 3.8) is 0 Å². The van der Waals surface area contributed by atoms with Crippen molar-refractivity contribution in [2.75, 3.05) is 26.4 Å². The Morgan fingerprint density at radius 2 is 1.20 bits per heavy atom. The molecule has 0 saturated carbocycles. The molecule has 336 valence electrons. The van der Waals surface area contributed by atoms with Crippen LogP contribution in [0.5, 0.6) is 5.75 Å². The quantitative estimate of drug-likeness (QED) is 0.0629. The van der Waals surface area contributed by atoms with E-state index >= 15 is 0 Å². The van der Waals surface area contributed by atoms with Crippen LogP contribution in [0.25, 0.3) is 6.08 Å². The van der Waals surface area contributed by atoms with E-state index in [1.807, 2.05) is 6.07 Å². The minimum atomic E-state index is -1.76. The number of aliphatic hydroxyl groups excluding tert-OH is 11. The zero-order valence-electron chi connectivity index (χ0n) is 32.1. The Morgan fingerprint density at radius 3 is 1.80 bits per heavy atom. The summed E-state index contributed by atoms with van der Waals surface area (Å²) in [5.41, 5.74) is 0.913. The second-order valence-corrected chi connectivity index (χ2v) is 14.7. The molecular weight excluding hydrogens is 818 g/mol. The summed E-state index contributed by atoms with van der Waals surface area (Å²) in [5.74, 6) is -0.773. The molecule has 4 fully saturated rings. The van der Waals surface area contributed by atoms with Gasteiger partial charge in [-0.25, -0.2) is 4.79 Å². The van der Waals surface area contributed by atoms with Gasteiger partial charge >= 0.3 is 5.97 Å². The Morgan fingerprint density at radius 1 is 0.656 bits per heavy atom. The van der Waals surface area contributed by atoms with Crippen LogP contribution in [0.1, 0.15) is 17.2 Å². The number of aliphatic hydroxyl groups is 11. The van der Waals surface area contributed by atoms with Crippen molar-refractivity contribution in [2.24, 2.45) is 0 Å². The molecule has 0 aromatic heterocycles. The zero-order chi connectivity index (χ0) is 44.0. The summed E-state index contributed by atoms with van der Waals surface area (Å²) < 4.78 is 49.3. The van der Waals surface area contributed by atoms with Crippen molar-refractivity contribution in [3.8, 4) is 11.8 Å². The number of hydrogen-bond acceptors (Lipinski definition) is 22. The lowest BCUT2D eigenvalue weighted by atomic mass is 9.99. The molecule has 0 aliphatic carbocycles. The largest absolute Gasteiger partial charge is 0.462 e. The number of carbonyl (C=O) groups excluding carboxylic acids is 1. The Bertz CT molecular complexity index is 1770. The predicted molar refractivity (Wildman–Crippen MR) is 197 cm³/mol. The van der Waals surface area contributed by atoms with E-state index in [0.717, 1.165) is 6.08 Å². The van der Waals surface area contributed by atoms with E-state index in [-0.39, 0.29) is 12.4 Å². The van der Waals surface area contributed by atoms with Gasteiger partial charge in [0.2, 0.25) is 6.29 Å². The van der Waals surface area contributed by atoms with E-state index in [4.69, 9.17) is 42.6 Å². The number of carbonyl (C=O) groups is 1. The summed E-state index contributed by atoms with van der Waals surface area (Å²) in [5, 5.41) is 123. The third-order valence-corrected chi connectivity index (χ3v) is 10.4. The van der Waals surface area contributed by atoms with Gasteiger partial charge < -0.3 is 98.8 Å². The molecule has 0 amide bonds. The van der Waals surface area contributed by atoms with Gasteiger partial charge in [0.1, 0.15) is 85.1 Å². The molecule has 22 heteroatoms. The Hall–Kier alpha value is -3.78. The summed E-state index contributed by atoms with van der Waals surface area (Å²) >= 11 is 0. The lowest BCUT2D eigenvalue weighted by Crippen LogP contribution is -2.61. The van der Waals surface area contributed by atoms with E-state index in [9.17, 15) is 66.2 Å². The zero-order valence-corrected chi connectivity index (χ0v) is 32.1. The van der Waals surface area contributed by atoms with E-state index < -0.39 is 143 Å². The van der Waals surface area contributed by atoms with E-state index in [1.54, 1.807) is 30.3 Å². The van der Waals surface area contributed by atoms with Crippen molar-refractivity contribution < 1.29 is 104 Å². The second-order valence-electron chi connectivity index (χ2n) is 14.7. The van der Waals surface area contributed by atoms with Crippen molar-refractivity contribution in [2.45, 2.75) is 117 Å². The molecule has 0 radical (unpaired) electrons. The maximum absolute atomic E-state index is 12.6. The smallest absolute Gasteiger partial charge is 0.331 e. The van der Waals surface area contributed by atoms with Gasteiger partial charge in [-0.1, -0.05) is 42.5 Å². The van der Waals surface area contributed by atoms with Crippen LogP contribution >= 0.6 is 0 Å². The van der Waals surface area contributed by atoms with E-state index in [1.165, 1.54) is 30.3 Å². The molecule has 0 bridgehead atoms. The third-order valence-electron chi connectivity index (χ3n) is 10.4. The number of nitrogens with zero attached hydrogens (tertiary/aromatic N) is 1. The highest BCUT2D eigenvalue weighted by Crippen LogP contribution is 2.30. The van der Waals surface area contributed by atoms with Gasteiger partial charge in [0.15, 0.2) is 31.1 Å². The Labute approximate surface area is 347 Å². The van der Waals surface area contributed by atoms with Gasteiger partial charge in [-0.15, -0.1) is 0 Å². The SMILES string of the molecule is N#C[C@@H](O[C@@H]1O[C@H](CO[C@H]2OC[C@H](OC(=O)C=Cc3ccc(O[C@H]4O[C@H](CO[C@H]5OC[C@H](O)[C@@H](O)[C@@H]5O)[C@@H](O)[C@@H](O)[C@@H]4O)cc3)[C@@H](O)[C@@H]2O)[C@@H](O)[C@H](O)[C@H]1O)c1ccccc1. The van der Waals surface area contributed by atoms with Crippen LogP contribution < -0.4 is 4.74 Å². The number of hydrogen-bond donors (Lipinski definition) is 11. The fourth-order valence-electron chi connectivity index (χ4n) is 6.73. The minimum absolute atomic E-state index is 0.144. The summed E-state index contributed by atoms with van der Waals surface area (Å²) in [7, 11) is 0. The molecule has 19 atom stereocenters. The lowest BCUT2D eigenvalue weighted by Gasteiger charge is -2.42. The molecule has 4 aliphatic rings. The molecular formula is C39H49NO21. The molecule has 4 heterocycles.